The van der Waals surface area contributed by atoms with E-state index in [1.807, 2.05) is 31.2 Å². The zero-order chi connectivity index (χ0) is 14.4. The number of hydrazine groups is 1. The van der Waals surface area contributed by atoms with Gasteiger partial charge in [-0.3, -0.25) is 0 Å². The first-order chi connectivity index (χ1) is 9.76. The third-order valence-electron chi connectivity index (χ3n) is 2.69. The fraction of sp³-hybridized carbons (Fsp3) is 0.286. The number of hydrogen-bond acceptors (Lipinski definition) is 6. The van der Waals surface area contributed by atoms with Gasteiger partial charge < -0.3 is 14.9 Å². The van der Waals surface area contributed by atoms with Gasteiger partial charge >= 0.3 is 0 Å². The van der Waals surface area contributed by atoms with E-state index in [4.69, 9.17) is 15.3 Å². The molecule has 0 aliphatic rings. The van der Waals surface area contributed by atoms with Crippen LogP contribution in [-0.4, -0.2) is 16.6 Å². The number of nitrogens with one attached hydrogen (secondary N) is 1. The summed E-state index contributed by atoms with van der Waals surface area (Å²) in [7, 11) is 0. The van der Waals surface area contributed by atoms with E-state index in [0.29, 0.717) is 29.8 Å². The molecule has 0 radical (unpaired) electrons. The van der Waals surface area contributed by atoms with Crippen LogP contribution >= 0.6 is 0 Å². The van der Waals surface area contributed by atoms with E-state index in [-0.39, 0.29) is 0 Å². The second kappa shape index (κ2) is 6.72. The minimum atomic E-state index is 0.445. The Labute approximate surface area is 117 Å². The molecule has 106 valence electrons. The maximum absolute atomic E-state index is 5.81. The average Bonchev–Trinajstić information content (AvgIpc) is 2.48. The maximum atomic E-state index is 5.81. The van der Waals surface area contributed by atoms with Crippen LogP contribution < -0.4 is 20.7 Å². The molecule has 20 heavy (non-hydrogen) atoms. The number of para-hydroxylation sites is 2. The van der Waals surface area contributed by atoms with E-state index in [9.17, 15) is 0 Å². The Morgan fingerprint density at radius 1 is 1.20 bits per heavy atom. The van der Waals surface area contributed by atoms with Crippen LogP contribution in [0.3, 0.4) is 0 Å². The number of nitrogens with zero attached hydrogens (tertiary/aromatic N) is 2. The second-order valence-corrected chi connectivity index (χ2v) is 4.19. The Bertz CT molecular complexity index is 575. The van der Waals surface area contributed by atoms with Crippen molar-refractivity contribution in [2.45, 2.75) is 20.3 Å². The SMILES string of the molecule is CCCOc1ccccc1Oc1ncnc(NN)c1C. The van der Waals surface area contributed by atoms with Crippen molar-refractivity contribution in [3.8, 4) is 17.4 Å². The molecule has 3 N–H and O–H groups in total. The van der Waals surface area contributed by atoms with Crippen molar-refractivity contribution < 1.29 is 9.47 Å². The number of nitrogen functional groups attached to an aromatic ring is 1. The van der Waals surface area contributed by atoms with Crippen LogP contribution in [0.4, 0.5) is 5.82 Å². The lowest BCUT2D eigenvalue weighted by Gasteiger charge is -2.13. The van der Waals surface area contributed by atoms with Gasteiger partial charge in [-0.15, -0.1) is 0 Å². The zero-order valence-corrected chi connectivity index (χ0v) is 11.6. The molecule has 0 atom stereocenters. The molecule has 0 saturated carbocycles. The molecule has 0 unspecified atom stereocenters. The molecular weight excluding hydrogens is 256 g/mol. The second-order valence-electron chi connectivity index (χ2n) is 4.19. The van der Waals surface area contributed by atoms with E-state index in [1.165, 1.54) is 6.33 Å². The Morgan fingerprint density at radius 2 is 1.95 bits per heavy atom. The third-order valence-corrected chi connectivity index (χ3v) is 2.69. The number of aromatic nitrogens is 2. The first kappa shape index (κ1) is 14.1. The van der Waals surface area contributed by atoms with Crippen molar-refractivity contribution in [1.82, 2.24) is 9.97 Å². The van der Waals surface area contributed by atoms with Gasteiger partial charge in [-0.25, -0.2) is 15.8 Å². The molecule has 1 aromatic carbocycles. The molecule has 0 spiro atoms. The van der Waals surface area contributed by atoms with Crippen molar-refractivity contribution in [2.75, 3.05) is 12.0 Å². The van der Waals surface area contributed by atoms with Crippen molar-refractivity contribution in [3.63, 3.8) is 0 Å². The van der Waals surface area contributed by atoms with Crippen LogP contribution in [0.5, 0.6) is 17.4 Å². The van der Waals surface area contributed by atoms with Crippen LogP contribution in [0.1, 0.15) is 18.9 Å². The van der Waals surface area contributed by atoms with Crippen LogP contribution in [-0.2, 0) is 0 Å². The highest BCUT2D eigenvalue weighted by Gasteiger charge is 2.11. The fourth-order valence-corrected chi connectivity index (χ4v) is 1.65. The third kappa shape index (κ3) is 3.16. The lowest BCUT2D eigenvalue weighted by molar-refractivity contribution is 0.300. The number of benzene rings is 1. The Morgan fingerprint density at radius 3 is 2.65 bits per heavy atom. The topological polar surface area (TPSA) is 82.3 Å². The monoisotopic (exact) mass is 274 g/mol. The molecule has 0 aliphatic carbocycles. The van der Waals surface area contributed by atoms with Crippen molar-refractivity contribution in [3.05, 3.63) is 36.2 Å². The Kier molecular flexibility index (Phi) is 4.73. The largest absolute Gasteiger partial charge is 0.490 e. The lowest BCUT2D eigenvalue weighted by atomic mass is 10.3. The number of ether oxygens (including phenoxy) is 2. The van der Waals surface area contributed by atoms with E-state index in [0.717, 1.165) is 12.0 Å². The van der Waals surface area contributed by atoms with Crippen molar-refractivity contribution >= 4 is 5.82 Å². The molecule has 6 nitrogen and oxygen atoms in total. The average molecular weight is 274 g/mol. The molecule has 2 aromatic rings. The highest BCUT2D eigenvalue weighted by atomic mass is 16.5. The summed E-state index contributed by atoms with van der Waals surface area (Å²) in [5, 5.41) is 0. The van der Waals surface area contributed by atoms with Crippen LogP contribution in [0.15, 0.2) is 30.6 Å². The van der Waals surface area contributed by atoms with Gasteiger partial charge in [0, 0.05) is 0 Å². The molecule has 6 heteroatoms. The van der Waals surface area contributed by atoms with Gasteiger partial charge in [0.15, 0.2) is 11.5 Å². The van der Waals surface area contributed by atoms with Gasteiger partial charge in [0.05, 0.1) is 12.2 Å². The maximum Gasteiger partial charge on any atom is 0.227 e. The van der Waals surface area contributed by atoms with E-state index >= 15 is 0 Å². The predicted molar refractivity (Wildman–Crippen MR) is 76.9 cm³/mol. The number of rotatable bonds is 6. The summed E-state index contributed by atoms with van der Waals surface area (Å²) < 4.78 is 11.5. The van der Waals surface area contributed by atoms with E-state index in [1.54, 1.807) is 0 Å². The minimum absolute atomic E-state index is 0.445. The minimum Gasteiger partial charge on any atom is -0.490 e. The zero-order valence-electron chi connectivity index (χ0n) is 11.6. The van der Waals surface area contributed by atoms with Crippen molar-refractivity contribution in [1.29, 1.82) is 0 Å². The summed E-state index contributed by atoms with van der Waals surface area (Å²) in [4.78, 5) is 8.13. The Balaban J connectivity index is 2.26. The van der Waals surface area contributed by atoms with Gasteiger partial charge in [0.25, 0.3) is 0 Å². The molecule has 0 amide bonds. The van der Waals surface area contributed by atoms with Crippen molar-refractivity contribution in [2.24, 2.45) is 5.84 Å². The highest BCUT2D eigenvalue weighted by molar-refractivity contribution is 5.49. The van der Waals surface area contributed by atoms with Gasteiger partial charge in [-0.1, -0.05) is 19.1 Å². The summed E-state index contributed by atoms with van der Waals surface area (Å²) in [5.41, 5.74) is 3.24. The molecule has 0 saturated heterocycles. The normalized spacial score (nSPS) is 10.2. The Hall–Kier alpha value is -2.34. The molecule has 1 heterocycles. The number of nitrogens with two attached hydrogens (primary N) is 1. The lowest BCUT2D eigenvalue weighted by Crippen LogP contribution is -2.11. The summed E-state index contributed by atoms with van der Waals surface area (Å²) >= 11 is 0. The van der Waals surface area contributed by atoms with Gasteiger partial charge in [0.1, 0.15) is 12.1 Å². The van der Waals surface area contributed by atoms with E-state index in [2.05, 4.69) is 22.3 Å². The summed E-state index contributed by atoms with van der Waals surface area (Å²) in [5.74, 6) is 7.67. The molecule has 0 bridgehead atoms. The number of anilines is 1. The first-order valence-corrected chi connectivity index (χ1v) is 6.44. The molecule has 1 aromatic heterocycles. The van der Waals surface area contributed by atoms with Crippen LogP contribution in [0.2, 0.25) is 0 Å². The van der Waals surface area contributed by atoms with Crippen LogP contribution in [0.25, 0.3) is 0 Å². The summed E-state index contributed by atoms with van der Waals surface area (Å²) in [6.45, 7) is 4.52. The molecular formula is C14H18N4O2. The van der Waals surface area contributed by atoms with Gasteiger partial charge in [-0.2, -0.15) is 0 Å². The quantitative estimate of drug-likeness (QED) is 0.622. The first-order valence-electron chi connectivity index (χ1n) is 6.44. The van der Waals surface area contributed by atoms with Gasteiger partial charge in [-0.05, 0) is 25.5 Å². The fourth-order valence-electron chi connectivity index (χ4n) is 1.65. The molecule has 0 fully saturated rings. The number of hydrogen-bond donors (Lipinski definition) is 2. The molecule has 0 aliphatic heterocycles. The summed E-state index contributed by atoms with van der Waals surface area (Å²) in [6.07, 6.45) is 2.33. The molecule has 2 rings (SSSR count). The standard InChI is InChI=1S/C14H18N4O2/c1-3-8-19-11-6-4-5-7-12(11)20-14-10(2)13(18-15)16-9-17-14/h4-7,9H,3,8,15H2,1-2H3,(H,16,17,18). The predicted octanol–water partition coefficient (Wildman–Crippen LogP) is 2.65. The van der Waals surface area contributed by atoms with Gasteiger partial charge in [0.2, 0.25) is 5.88 Å². The van der Waals surface area contributed by atoms with E-state index < -0.39 is 0 Å². The summed E-state index contributed by atoms with van der Waals surface area (Å²) in [6, 6.07) is 7.48. The highest BCUT2D eigenvalue weighted by Crippen LogP contribution is 2.32. The van der Waals surface area contributed by atoms with Crippen LogP contribution in [0, 0.1) is 6.92 Å². The smallest absolute Gasteiger partial charge is 0.227 e.